The maximum absolute atomic E-state index is 13.0. The molecular formula is C24H28N6O3. The highest BCUT2D eigenvalue weighted by molar-refractivity contribution is 6.05. The monoisotopic (exact) mass is 448 g/mol. The topological polar surface area (TPSA) is 121 Å². The highest BCUT2D eigenvalue weighted by Gasteiger charge is 2.39. The largest absolute Gasteiger partial charge is 0.380 e. The molecule has 0 spiro atoms. The highest BCUT2D eigenvalue weighted by Crippen LogP contribution is 2.28. The second kappa shape index (κ2) is 8.82. The van der Waals surface area contributed by atoms with E-state index in [0.29, 0.717) is 25.1 Å². The molecule has 5 rings (SSSR count). The van der Waals surface area contributed by atoms with Gasteiger partial charge in [-0.1, -0.05) is 12.1 Å². The van der Waals surface area contributed by atoms with Crippen LogP contribution in [0.3, 0.4) is 0 Å². The smallest absolute Gasteiger partial charge is 0.255 e. The van der Waals surface area contributed by atoms with E-state index >= 15 is 0 Å². The molecule has 1 aromatic carbocycles. The van der Waals surface area contributed by atoms with E-state index in [4.69, 9.17) is 5.73 Å². The fraction of sp³-hybridized carbons (Fsp3) is 0.417. The van der Waals surface area contributed by atoms with E-state index in [9.17, 15) is 14.4 Å². The number of nitrogens with zero attached hydrogens (tertiary/aromatic N) is 3. The van der Waals surface area contributed by atoms with E-state index < -0.39 is 11.9 Å². The quantitative estimate of drug-likeness (QED) is 0.591. The van der Waals surface area contributed by atoms with Crippen molar-refractivity contribution in [1.29, 1.82) is 0 Å². The van der Waals surface area contributed by atoms with E-state index in [1.807, 2.05) is 36.5 Å². The number of amides is 3. The molecule has 3 aliphatic heterocycles. The number of fused-ring (bicyclic) bond motifs is 1. The minimum Gasteiger partial charge on any atom is -0.380 e. The lowest BCUT2D eigenvalue weighted by Gasteiger charge is -2.31. The number of carbonyl (C=O) groups is 3. The number of carbonyl (C=O) groups excluding carboxylic acids is 3. The summed E-state index contributed by atoms with van der Waals surface area (Å²) < 4.78 is 0. The number of rotatable bonds is 5. The second-order valence-corrected chi connectivity index (χ2v) is 8.97. The van der Waals surface area contributed by atoms with E-state index in [2.05, 4.69) is 20.5 Å². The molecule has 2 aromatic rings. The molecule has 1 aromatic heterocycles. The van der Waals surface area contributed by atoms with Crippen LogP contribution < -0.4 is 21.3 Å². The van der Waals surface area contributed by atoms with E-state index in [1.54, 1.807) is 4.90 Å². The van der Waals surface area contributed by atoms with Crippen LogP contribution in [0.25, 0.3) is 0 Å². The van der Waals surface area contributed by atoms with Crippen molar-refractivity contribution in [2.45, 2.75) is 50.9 Å². The lowest BCUT2D eigenvalue weighted by atomic mass is 10.0. The fourth-order valence-corrected chi connectivity index (χ4v) is 4.72. The molecule has 0 radical (unpaired) electrons. The first-order valence-corrected chi connectivity index (χ1v) is 11.4. The van der Waals surface area contributed by atoms with Crippen molar-refractivity contribution in [1.82, 2.24) is 15.2 Å². The van der Waals surface area contributed by atoms with Crippen LogP contribution in [0, 0.1) is 0 Å². The van der Waals surface area contributed by atoms with Gasteiger partial charge in [0.05, 0.1) is 11.9 Å². The summed E-state index contributed by atoms with van der Waals surface area (Å²) >= 11 is 0. The Hall–Kier alpha value is -3.46. The van der Waals surface area contributed by atoms with Crippen LogP contribution in [-0.4, -0.2) is 52.8 Å². The van der Waals surface area contributed by atoms with Crippen LogP contribution in [0.15, 0.2) is 36.5 Å². The molecule has 3 amide bonds. The summed E-state index contributed by atoms with van der Waals surface area (Å²) in [7, 11) is 0. The zero-order chi connectivity index (χ0) is 22.9. The van der Waals surface area contributed by atoms with Crippen LogP contribution in [0.5, 0.6) is 0 Å². The molecule has 33 heavy (non-hydrogen) atoms. The summed E-state index contributed by atoms with van der Waals surface area (Å²) in [5.74, 6) is 0.131. The van der Waals surface area contributed by atoms with Crippen molar-refractivity contribution in [3.05, 3.63) is 53.2 Å². The number of anilines is 2. The lowest BCUT2D eigenvalue weighted by molar-refractivity contribution is -0.136. The molecule has 1 atom stereocenters. The predicted octanol–water partition coefficient (Wildman–Crippen LogP) is 1.38. The molecule has 0 bridgehead atoms. The minimum absolute atomic E-state index is 0.159. The Kier molecular flexibility index (Phi) is 5.72. The van der Waals surface area contributed by atoms with Gasteiger partial charge in [-0.15, -0.1) is 0 Å². The summed E-state index contributed by atoms with van der Waals surface area (Å²) in [6, 6.07) is 9.55. The van der Waals surface area contributed by atoms with Gasteiger partial charge in [-0.25, -0.2) is 4.98 Å². The molecule has 2 fully saturated rings. The predicted molar refractivity (Wildman–Crippen MR) is 123 cm³/mol. The summed E-state index contributed by atoms with van der Waals surface area (Å²) in [5.41, 5.74) is 9.39. The van der Waals surface area contributed by atoms with Gasteiger partial charge in [0.15, 0.2) is 0 Å². The van der Waals surface area contributed by atoms with Gasteiger partial charge >= 0.3 is 0 Å². The SMILES string of the molecule is NC1CCN(c2ccc(NCc3ccc4c(c3)C(=O)N(C3CCC(=O)NC3=O)C4)cn2)CC1. The number of hydrogen-bond donors (Lipinski definition) is 3. The number of pyridine rings is 1. The van der Waals surface area contributed by atoms with E-state index in [0.717, 1.165) is 48.6 Å². The Labute approximate surface area is 192 Å². The van der Waals surface area contributed by atoms with Crippen molar-refractivity contribution in [3.63, 3.8) is 0 Å². The molecule has 4 N–H and O–H groups in total. The van der Waals surface area contributed by atoms with Gasteiger partial charge < -0.3 is 20.9 Å². The first-order chi connectivity index (χ1) is 16.0. The number of piperidine rings is 2. The zero-order valence-corrected chi connectivity index (χ0v) is 18.4. The summed E-state index contributed by atoms with van der Waals surface area (Å²) in [6.07, 6.45) is 4.42. The van der Waals surface area contributed by atoms with Gasteiger partial charge in [0.1, 0.15) is 11.9 Å². The Morgan fingerprint density at radius 2 is 1.91 bits per heavy atom. The van der Waals surface area contributed by atoms with Crippen molar-refractivity contribution < 1.29 is 14.4 Å². The number of imide groups is 1. The number of nitrogens with two attached hydrogens (primary N) is 1. The van der Waals surface area contributed by atoms with Crippen LogP contribution in [0.1, 0.15) is 47.2 Å². The summed E-state index contributed by atoms with van der Waals surface area (Å²) in [5, 5.41) is 5.70. The van der Waals surface area contributed by atoms with Gasteiger partial charge in [0, 0.05) is 44.2 Å². The fourth-order valence-electron chi connectivity index (χ4n) is 4.72. The minimum atomic E-state index is -0.593. The lowest BCUT2D eigenvalue weighted by Crippen LogP contribution is -2.52. The van der Waals surface area contributed by atoms with Crippen molar-refractivity contribution in [3.8, 4) is 0 Å². The average Bonchev–Trinajstić information content (AvgIpc) is 3.14. The Bertz CT molecular complexity index is 1080. The first-order valence-electron chi connectivity index (χ1n) is 11.4. The van der Waals surface area contributed by atoms with Gasteiger partial charge in [0.2, 0.25) is 11.8 Å². The van der Waals surface area contributed by atoms with Gasteiger partial charge in [-0.05, 0) is 48.6 Å². The van der Waals surface area contributed by atoms with Gasteiger partial charge in [-0.2, -0.15) is 0 Å². The average molecular weight is 449 g/mol. The van der Waals surface area contributed by atoms with Crippen LogP contribution in [-0.2, 0) is 22.7 Å². The second-order valence-electron chi connectivity index (χ2n) is 8.97. The van der Waals surface area contributed by atoms with Gasteiger partial charge in [-0.3, -0.25) is 19.7 Å². The van der Waals surface area contributed by atoms with Crippen LogP contribution >= 0.6 is 0 Å². The molecule has 3 aliphatic rings. The molecule has 172 valence electrons. The maximum atomic E-state index is 13.0. The Morgan fingerprint density at radius 3 is 2.64 bits per heavy atom. The molecule has 0 aliphatic carbocycles. The third kappa shape index (κ3) is 4.41. The third-order valence-corrected chi connectivity index (χ3v) is 6.70. The van der Waals surface area contributed by atoms with Crippen LogP contribution in [0.4, 0.5) is 11.5 Å². The number of nitrogens with one attached hydrogen (secondary N) is 2. The molecule has 9 heteroatoms. The molecule has 4 heterocycles. The molecule has 2 saturated heterocycles. The molecule has 1 unspecified atom stereocenters. The van der Waals surface area contributed by atoms with Crippen molar-refractivity contribution in [2.24, 2.45) is 5.73 Å². The Morgan fingerprint density at radius 1 is 1.09 bits per heavy atom. The normalized spacial score (nSPS) is 21.2. The van der Waals surface area contributed by atoms with E-state index in [1.165, 1.54) is 0 Å². The van der Waals surface area contributed by atoms with Crippen molar-refractivity contribution in [2.75, 3.05) is 23.3 Å². The molecule has 9 nitrogen and oxygen atoms in total. The molecular weight excluding hydrogens is 420 g/mol. The summed E-state index contributed by atoms with van der Waals surface area (Å²) in [4.78, 5) is 45.0. The standard InChI is InChI=1S/C24H28N6O3/c25-17-7-9-29(10-8-17)21-5-3-18(13-27-21)26-12-15-1-2-16-14-30(24(33)19(16)11-15)20-4-6-22(31)28-23(20)32/h1-3,5,11,13,17,20,26H,4,6-10,12,14,25H2,(H,28,31,32). The van der Waals surface area contributed by atoms with Crippen LogP contribution in [0.2, 0.25) is 0 Å². The molecule has 0 saturated carbocycles. The first kappa shape index (κ1) is 21.4. The van der Waals surface area contributed by atoms with Gasteiger partial charge in [0.25, 0.3) is 5.91 Å². The third-order valence-electron chi connectivity index (χ3n) is 6.70. The Balaban J connectivity index is 1.21. The number of benzene rings is 1. The highest BCUT2D eigenvalue weighted by atomic mass is 16.2. The van der Waals surface area contributed by atoms with E-state index in [-0.39, 0.29) is 24.3 Å². The zero-order valence-electron chi connectivity index (χ0n) is 18.4. The van der Waals surface area contributed by atoms with Crippen molar-refractivity contribution >= 4 is 29.2 Å². The maximum Gasteiger partial charge on any atom is 0.255 e. The number of aromatic nitrogens is 1. The number of hydrogen-bond acceptors (Lipinski definition) is 7. The summed E-state index contributed by atoms with van der Waals surface area (Å²) in [6.45, 7) is 2.80.